The molecule has 22 heavy (non-hydrogen) atoms. The van der Waals surface area contributed by atoms with E-state index in [2.05, 4.69) is 15.6 Å². The number of guanidine groups is 1. The number of aliphatic imine (C=N–C) groups is 1. The Balaban J connectivity index is 2.35. The maximum absolute atomic E-state index is 6.05. The standard InChI is InChI=1S/C15H23Cl2N3O2/c1-15(2,21-4)10-20-14(18-3)19-8-9-22-12-7-5-6-11(16)13(12)17/h5-7H,8-10H2,1-4H3,(H2,18,19,20). The van der Waals surface area contributed by atoms with Gasteiger partial charge in [-0.1, -0.05) is 29.3 Å². The third-order valence-electron chi connectivity index (χ3n) is 3.03. The maximum atomic E-state index is 6.05. The number of halogens is 2. The minimum Gasteiger partial charge on any atom is -0.490 e. The molecule has 0 spiro atoms. The van der Waals surface area contributed by atoms with Gasteiger partial charge in [-0.05, 0) is 26.0 Å². The molecule has 1 aromatic carbocycles. The minimum atomic E-state index is -0.261. The number of nitrogens with zero attached hydrogens (tertiary/aromatic N) is 1. The molecule has 5 nitrogen and oxygen atoms in total. The van der Waals surface area contributed by atoms with E-state index in [1.54, 1.807) is 32.4 Å². The Morgan fingerprint density at radius 1 is 1.27 bits per heavy atom. The Bertz CT molecular complexity index is 508. The molecule has 0 unspecified atom stereocenters. The maximum Gasteiger partial charge on any atom is 0.191 e. The summed E-state index contributed by atoms with van der Waals surface area (Å²) in [7, 11) is 3.39. The Hall–Kier alpha value is -1.17. The van der Waals surface area contributed by atoms with Gasteiger partial charge in [0.25, 0.3) is 0 Å². The van der Waals surface area contributed by atoms with E-state index in [0.29, 0.717) is 41.5 Å². The van der Waals surface area contributed by atoms with Crippen LogP contribution in [0.5, 0.6) is 5.75 Å². The summed E-state index contributed by atoms with van der Waals surface area (Å²) in [4.78, 5) is 4.14. The number of hydrogen-bond donors (Lipinski definition) is 2. The van der Waals surface area contributed by atoms with Crippen molar-refractivity contribution in [1.29, 1.82) is 0 Å². The molecule has 124 valence electrons. The van der Waals surface area contributed by atoms with Gasteiger partial charge < -0.3 is 20.1 Å². The third-order valence-corrected chi connectivity index (χ3v) is 3.83. The highest BCUT2D eigenvalue weighted by molar-refractivity contribution is 6.42. The zero-order valence-corrected chi connectivity index (χ0v) is 14.9. The van der Waals surface area contributed by atoms with Crippen molar-refractivity contribution in [3.8, 4) is 5.75 Å². The van der Waals surface area contributed by atoms with Crippen molar-refractivity contribution in [3.05, 3.63) is 28.2 Å². The highest BCUT2D eigenvalue weighted by Crippen LogP contribution is 2.31. The van der Waals surface area contributed by atoms with Crippen molar-refractivity contribution in [2.75, 3.05) is 33.9 Å². The van der Waals surface area contributed by atoms with Gasteiger partial charge in [-0.25, -0.2) is 0 Å². The molecule has 0 aromatic heterocycles. The molecule has 0 saturated heterocycles. The van der Waals surface area contributed by atoms with Crippen LogP contribution in [0, 0.1) is 0 Å². The van der Waals surface area contributed by atoms with Crippen LogP contribution in [0.4, 0.5) is 0 Å². The summed E-state index contributed by atoms with van der Waals surface area (Å²) in [6.07, 6.45) is 0. The number of methoxy groups -OCH3 is 1. The van der Waals surface area contributed by atoms with E-state index < -0.39 is 0 Å². The van der Waals surface area contributed by atoms with Crippen molar-refractivity contribution >= 4 is 29.2 Å². The normalized spacial score (nSPS) is 12.2. The van der Waals surface area contributed by atoms with Crippen LogP contribution >= 0.6 is 23.2 Å². The number of nitrogens with one attached hydrogen (secondary N) is 2. The van der Waals surface area contributed by atoms with Gasteiger partial charge in [0.2, 0.25) is 0 Å². The molecule has 0 bridgehead atoms. The molecule has 0 aliphatic rings. The lowest BCUT2D eigenvalue weighted by molar-refractivity contribution is 0.0268. The van der Waals surface area contributed by atoms with Crippen LogP contribution in [-0.2, 0) is 4.74 Å². The van der Waals surface area contributed by atoms with Crippen LogP contribution in [0.2, 0.25) is 10.0 Å². The molecule has 0 aliphatic carbocycles. The number of ether oxygens (including phenoxy) is 2. The van der Waals surface area contributed by atoms with Gasteiger partial charge in [-0.3, -0.25) is 4.99 Å². The second kappa shape index (κ2) is 9.08. The second-order valence-corrected chi connectivity index (χ2v) is 6.00. The molecule has 0 amide bonds. The fourth-order valence-electron chi connectivity index (χ4n) is 1.52. The van der Waals surface area contributed by atoms with Crippen LogP contribution in [0.1, 0.15) is 13.8 Å². The largest absolute Gasteiger partial charge is 0.490 e. The monoisotopic (exact) mass is 347 g/mol. The number of hydrogen-bond acceptors (Lipinski definition) is 3. The summed E-state index contributed by atoms with van der Waals surface area (Å²) in [5, 5.41) is 7.25. The van der Waals surface area contributed by atoms with Gasteiger partial charge >= 0.3 is 0 Å². The lowest BCUT2D eigenvalue weighted by atomic mass is 10.1. The van der Waals surface area contributed by atoms with Crippen molar-refractivity contribution in [3.63, 3.8) is 0 Å². The Morgan fingerprint density at radius 3 is 2.64 bits per heavy atom. The predicted octanol–water partition coefficient (Wildman–Crippen LogP) is 2.96. The SMILES string of the molecule is CN=C(NCCOc1cccc(Cl)c1Cl)NCC(C)(C)OC. The molecule has 0 fully saturated rings. The topological polar surface area (TPSA) is 54.9 Å². The van der Waals surface area contributed by atoms with E-state index in [4.69, 9.17) is 32.7 Å². The first kappa shape index (κ1) is 18.9. The molecule has 0 aliphatic heterocycles. The van der Waals surface area contributed by atoms with E-state index in [1.165, 1.54) is 0 Å². The van der Waals surface area contributed by atoms with Crippen molar-refractivity contribution < 1.29 is 9.47 Å². The number of rotatable bonds is 7. The van der Waals surface area contributed by atoms with E-state index in [-0.39, 0.29) is 5.60 Å². The van der Waals surface area contributed by atoms with Gasteiger partial charge in [0.05, 0.1) is 17.2 Å². The average Bonchev–Trinajstić information content (AvgIpc) is 2.50. The van der Waals surface area contributed by atoms with Crippen molar-refractivity contribution in [2.45, 2.75) is 19.4 Å². The van der Waals surface area contributed by atoms with Gasteiger partial charge in [0.15, 0.2) is 5.96 Å². The Kier molecular flexibility index (Phi) is 7.79. The molecule has 7 heteroatoms. The fourth-order valence-corrected chi connectivity index (χ4v) is 1.86. The molecular weight excluding hydrogens is 325 g/mol. The van der Waals surface area contributed by atoms with Gasteiger partial charge in [0.1, 0.15) is 17.4 Å². The molecule has 0 saturated carbocycles. The van der Waals surface area contributed by atoms with Crippen LogP contribution in [0.15, 0.2) is 23.2 Å². The number of benzene rings is 1. The second-order valence-electron chi connectivity index (χ2n) is 5.22. The van der Waals surface area contributed by atoms with E-state index >= 15 is 0 Å². The fraction of sp³-hybridized carbons (Fsp3) is 0.533. The molecule has 1 aromatic rings. The summed E-state index contributed by atoms with van der Waals surface area (Å²) >= 11 is 12.0. The van der Waals surface area contributed by atoms with E-state index in [9.17, 15) is 0 Å². The van der Waals surface area contributed by atoms with Gasteiger partial charge in [-0.15, -0.1) is 0 Å². The minimum absolute atomic E-state index is 0.261. The Labute approximate surface area is 142 Å². The molecule has 0 heterocycles. The molecular formula is C15H23Cl2N3O2. The average molecular weight is 348 g/mol. The first-order chi connectivity index (χ1) is 10.4. The van der Waals surface area contributed by atoms with Crippen molar-refractivity contribution in [2.24, 2.45) is 4.99 Å². The first-order valence-corrected chi connectivity index (χ1v) is 7.71. The quantitative estimate of drug-likeness (QED) is 0.452. The van der Waals surface area contributed by atoms with Crippen molar-refractivity contribution in [1.82, 2.24) is 10.6 Å². The zero-order valence-electron chi connectivity index (χ0n) is 13.4. The third kappa shape index (κ3) is 6.30. The lowest BCUT2D eigenvalue weighted by Crippen LogP contribution is -2.46. The molecule has 0 radical (unpaired) electrons. The Morgan fingerprint density at radius 2 is 2.00 bits per heavy atom. The lowest BCUT2D eigenvalue weighted by Gasteiger charge is -2.24. The zero-order chi connectivity index (χ0) is 16.6. The van der Waals surface area contributed by atoms with Gasteiger partial charge in [-0.2, -0.15) is 0 Å². The van der Waals surface area contributed by atoms with Crippen LogP contribution in [-0.4, -0.2) is 45.4 Å². The summed E-state index contributed by atoms with van der Waals surface area (Å²) < 4.78 is 10.9. The molecule has 0 atom stereocenters. The summed E-state index contributed by atoms with van der Waals surface area (Å²) in [6, 6.07) is 5.30. The summed E-state index contributed by atoms with van der Waals surface area (Å²) in [5.74, 6) is 1.25. The van der Waals surface area contributed by atoms with E-state index in [0.717, 1.165) is 0 Å². The first-order valence-electron chi connectivity index (χ1n) is 6.96. The summed E-state index contributed by atoms with van der Waals surface area (Å²) in [5.41, 5.74) is -0.261. The molecule has 1 rings (SSSR count). The summed E-state index contributed by atoms with van der Waals surface area (Å²) in [6.45, 7) is 5.66. The molecule has 2 N–H and O–H groups in total. The van der Waals surface area contributed by atoms with Gasteiger partial charge in [0, 0.05) is 20.7 Å². The van der Waals surface area contributed by atoms with E-state index in [1.807, 2.05) is 13.8 Å². The van der Waals surface area contributed by atoms with Crippen LogP contribution in [0.25, 0.3) is 0 Å². The highest BCUT2D eigenvalue weighted by Gasteiger charge is 2.16. The van der Waals surface area contributed by atoms with Crippen LogP contribution in [0.3, 0.4) is 0 Å². The van der Waals surface area contributed by atoms with Crippen LogP contribution < -0.4 is 15.4 Å². The smallest absolute Gasteiger partial charge is 0.191 e. The predicted molar refractivity (Wildman–Crippen MR) is 92.4 cm³/mol. The highest BCUT2D eigenvalue weighted by atomic mass is 35.5.